The molecular weight excluding hydrogens is 481 g/mol. The summed E-state index contributed by atoms with van der Waals surface area (Å²) in [7, 11) is 1.49. The number of piperazine rings is 1. The number of ether oxygens (including phenoxy) is 1. The fourth-order valence-electron chi connectivity index (χ4n) is 3.19. The summed E-state index contributed by atoms with van der Waals surface area (Å²) in [6.45, 7) is 3.15. The van der Waals surface area contributed by atoms with Crippen LogP contribution in [0.2, 0.25) is 0 Å². The molecule has 0 radical (unpaired) electrons. The van der Waals surface area contributed by atoms with Crippen LogP contribution in [0.15, 0.2) is 47.2 Å². The lowest BCUT2D eigenvalue weighted by Crippen LogP contribution is -2.44. The van der Waals surface area contributed by atoms with Gasteiger partial charge in [0.25, 0.3) is 5.91 Å². The molecule has 166 valence electrons. The van der Waals surface area contributed by atoms with Crippen molar-refractivity contribution in [1.29, 1.82) is 0 Å². The van der Waals surface area contributed by atoms with Gasteiger partial charge in [-0.15, -0.1) is 0 Å². The van der Waals surface area contributed by atoms with E-state index in [1.165, 1.54) is 7.11 Å². The Morgan fingerprint density at radius 3 is 2.78 bits per heavy atom. The Kier molecular flexibility index (Phi) is 6.76. The number of carbonyl (C=O) groups excluding carboxylic acids is 1. The van der Waals surface area contributed by atoms with Gasteiger partial charge in [-0.3, -0.25) is 4.79 Å². The fourth-order valence-corrected chi connectivity index (χ4v) is 3.54. The minimum Gasteiger partial charge on any atom is -0.494 e. The molecule has 11 heteroatoms. The Morgan fingerprint density at radius 2 is 2.03 bits per heavy atom. The Hall–Kier alpha value is -3.31. The first kappa shape index (κ1) is 21.9. The zero-order chi connectivity index (χ0) is 22.5. The zero-order valence-electron chi connectivity index (χ0n) is 17.2. The van der Waals surface area contributed by atoms with E-state index in [1.54, 1.807) is 36.4 Å². The highest BCUT2D eigenvalue weighted by Crippen LogP contribution is 2.30. The van der Waals surface area contributed by atoms with Crippen LogP contribution < -0.4 is 25.6 Å². The number of carbonyl (C=O) groups is 1. The molecule has 1 aromatic carbocycles. The van der Waals surface area contributed by atoms with Gasteiger partial charge in [0.2, 0.25) is 5.95 Å². The van der Waals surface area contributed by atoms with Crippen molar-refractivity contribution < 1.29 is 13.9 Å². The number of nitrogens with one attached hydrogen (secondary N) is 3. The number of nitrogens with zero attached hydrogens (tertiary/aromatic N) is 4. The SMILES string of the molecule is COc1cc(Nc2nc(N3CCNCC3)ncc2F)ccc1NC(=O)c1cccc(Br)n1. The molecule has 32 heavy (non-hydrogen) atoms. The first-order chi connectivity index (χ1) is 15.5. The van der Waals surface area contributed by atoms with Gasteiger partial charge >= 0.3 is 0 Å². The summed E-state index contributed by atoms with van der Waals surface area (Å²) in [6.07, 6.45) is 1.16. The number of anilines is 4. The quantitative estimate of drug-likeness (QED) is 0.442. The lowest BCUT2D eigenvalue weighted by Gasteiger charge is -2.27. The Morgan fingerprint density at radius 1 is 1.22 bits per heavy atom. The maximum atomic E-state index is 14.4. The van der Waals surface area contributed by atoms with Crippen LogP contribution in [0.4, 0.5) is 27.5 Å². The van der Waals surface area contributed by atoms with E-state index in [1.807, 2.05) is 4.90 Å². The summed E-state index contributed by atoms with van der Waals surface area (Å²) in [5, 5.41) is 9.00. The third-order valence-corrected chi connectivity index (χ3v) is 5.23. The van der Waals surface area contributed by atoms with Crippen LogP contribution in [-0.2, 0) is 0 Å². The van der Waals surface area contributed by atoms with Gasteiger partial charge in [0.15, 0.2) is 11.6 Å². The van der Waals surface area contributed by atoms with Crippen molar-refractivity contribution in [2.24, 2.45) is 0 Å². The summed E-state index contributed by atoms with van der Waals surface area (Å²) in [5.41, 5.74) is 1.26. The Labute approximate surface area is 192 Å². The van der Waals surface area contributed by atoms with Gasteiger partial charge in [-0.2, -0.15) is 4.98 Å². The molecule has 0 unspecified atom stereocenters. The average molecular weight is 502 g/mol. The van der Waals surface area contributed by atoms with Crippen LogP contribution in [0.5, 0.6) is 5.75 Å². The predicted octanol–water partition coefficient (Wildman–Crippen LogP) is 3.19. The van der Waals surface area contributed by atoms with Gasteiger partial charge in [-0.05, 0) is 40.2 Å². The molecule has 0 aliphatic carbocycles. The first-order valence-electron chi connectivity index (χ1n) is 9.90. The average Bonchev–Trinajstić information content (AvgIpc) is 2.82. The Bertz CT molecular complexity index is 1130. The fraction of sp³-hybridized carbons (Fsp3) is 0.238. The number of halogens is 2. The van der Waals surface area contributed by atoms with E-state index in [9.17, 15) is 9.18 Å². The highest BCUT2D eigenvalue weighted by Gasteiger charge is 2.17. The van der Waals surface area contributed by atoms with Gasteiger partial charge in [0, 0.05) is 37.9 Å². The van der Waals surface area contributed by atoms with Crippen LogP contribution in [-0.4, -0.2) is 54.1 Å². The molecule has 3 N–H and O–H groups in total. The smallest absolute Gasteiger partial charge is 0.274 e. The maximum absolute atomic E-state index is 14.4. The molecule has 9 nitrogen and oxygen atoms in total. The second kappa shape index (κ2) is 9.88. The topological polar surface area (TPSA) is 104 Å². The number of benzene rings is 1. The molecule has 1 aliphatic heterocycles. The van der Waals surface area contributed by atoms with Gasteiger partial charge in [0.1, 0.15) is 16.0 Å². The number of hydrogen-bond donors (Lipinski definition) is 3. The van der Waals surface area contributed by atoms with Crippen LogP contribution in [0, 0.1) is 5.82 Å². The van der Waals surface area contributed by atoms with Crippen molar-refractivity contribution in [2.45, 2.75) is 0 Å². The molecule has 0 bridgehead atoms. The lowest BCUT2D eigenvalue weighted by atomic mass is 10.2. The zero-order valence-corrected chi connectivity index (χ0v) is 18.8. The van der Waals surface area contributed by atoms with Crippen molar-refractivity contribution in [3.8, 4) is 5.75 Å². The molecule has 3 heterocycles. The van der Waals surface area contributed by atoms with Crippen molar-refractivity contribution >= 4 is 45.0 Å². The van der Waals surface area contributed by atoms with E-state index < -0.39 is 5.82 Å². The highest BCUT2D eigenvalue weighted by atomic mass is 79.9. The Balaban J connectivity index is 1.52. The second-order valence-electron chi connectivity index (χ2n) is 6.94. The highest BCUT2D eigenvalue weighted by molar-refractivity contribution is 9.10. The monoisotopic (exact) mass is 501 g/mol. The van der Waals surface area contributed by atoms with Crippen molar-refractivity contribution in [2.75, 3.05) is 48.8 Å². The normalized spacial score (nSPS) is 13.5. The van der Waals surface area contributed by atoms with E-state index >= 15 is 0 Å². The molecular formula is C21H21BrFN7O2. The first-order valence-corrected chi connectivity index (χ1v) is 10.7. The van der Waals surface area contributed by atoms with Crippen molar-refractivity contribution in [1.82, 2.24) is 20.3 Å². The standard InChI is InChI=1S/C21H21BrFN7O2/c1-32-17-11-13(5-6-15(17)28-20(31)16-3-2-4-18(22)27-16)26-19-14(23)12-25-21(29-19)30-9-7-24-8-10-30/h2-6,11-12,24H,7-10H2,1H3,(H,28,31)(H,25,26,29). The molecule has 0 atom stereocenters. The van der Waals surface area contributed by atoms with E-state index in [0.29, 0.717) is 27.7 Å². The molecule has 0 spiro atoms. The van der Waals surface area contributed by atoms with Crippen molar-refractivity contribution in [3.63, 3.8) is 0 Å². The minimum atomic E-state index is -0.569. The van der Waals surface area contributed by atoms with Crippen LogP contribution in [0.1, 0.15) is 10.5 Å². The summed E-state index contributed by atoms with van der Waals surface area (Å²) in [4.78, 5) is 27.1. The maximum Gasteiger partial charge on any atom is 0.274 e. The molecule has 1 aliphatic rings. The number of methoxy groups -OCH3 is 1. The molecule has 0 saturated carbocycles. The molecule has 1 amide bonds. The molecule has 4 rings (SSSR count). The number of hydrogen-bond acceptors (Lipinski definition) is 8. The van der Waals surface area contributed by atoms with Gasteiger partial charge in [-0.25, -0.2) is 14.4 Å². The van der Waals surface area contributed by atoms with Crippen LogP contribution in [0.3, 0.4) is 0 Å². The van der Waals surface area contributed by atoms with Gasteiger partial charge in [0.05, 0.1) is 19.0 Å². The van der Waals surface area contributed by atoms with E-state index in [0.717, 1.165) is 32.4 Å². The summed E-state index contributed by atoms with van der Waals surface area (Å²) in [5.74, 6) is -0.0256. The number of amides is 1. The lowest BCUT2D eigenvalue weighted by molar-refractivity contribution is 0.102. The third kappa shape index (κ3) is 5.11. The van der Waals surface area contributed by atoms with Crippen LogP contribution >= 0.6 is 15.9 Å². The number of pyridine rings is 1. The van der Waals surface area contributed by atoms with E-state index in [-0.39, 0.29) is 17.4 Å². The molecule has 2 aromatic heterocycles. The summed E-state index contributed by atoms with van der Waals surface area (Å²) >= 11 is 3.25. The molecule has 1 fully saturated rings. The number of rotatable bonds is 6. The predicted molar refractivity (Wildman–Crippen MR) is 123 cm³/mol. The molecule has 3 aromatic rings. The van der Waals surface area contributed by atoms with E-state index in [4.69, 9.17) is 4.74 Å². The van der Waals surface area contributed by atoms with Gasteiger partial charge in [-0.1, -0.05) is 6.07 Å². The molecule has 1 saturated heterocycles. The second-order valence-corrected chi connectivity index (χ2v) is 7.76. The van der Waals surface area contributed by atoms with Gasteiger partial charge < -0.3 is 25.6 Å². The summed E-state index contributed by atoms with van der Waals surface area (Å²) in [6, 6.07) is 10.1. The largest absolute Gasteiger partial charge is 0.494 e. The van der Waals surface area contributed by atoms with E-state index in [2.05, 4.69) is 46.8 Å². The summed E-state index contributed by atoms with van der Waals surface area (Å²) < 4.78 is 20.3. The minimum absolute atomic E-state index is 0.0608. The third-order valence-electron chi connectivity index (χ3n) is 4.79. The van der Waals surface area contributed by atoms with Crippen molar-refractivity contribution in [3.05, 3.63) is 58.7 Å². The van der Waals surface area contributed by atoms with Crippen LogP contribution in [0.25, 0.3) is 0 Å². The number of aromatic nitrogens is 3.